The first-order valence-electron chi connectivity index (χ1n) is 7.48. The Morgan fingerprint density at radius 3 is 2.95 bits per heavy atom. The van der Waals surface area contributed by atoms with Crippen LogP contribution in [0.15, 0.2) is 35.3 Å². The van der Waals surface area contributed by atoms with Crippen molar-refractivity contribution in [3.63, 3.8) is 0 Å². The molecule has 2 rings (SSSR count). The van der Waals surface area contributed by atoms with Crippen molar-refractivity contribution in [1.29, 1.82) is 0 Å². The third kappa shape index (κ3) is 4.76. The summed E-state index contributed by atoms with van der Waals surface area (Å²) in [6, 6.07) is 9.86. The molecular formula is C16H25N3O. The van der Waals surface area contributed by atoms with Crippen molar-refractivity contribution in [1.82, 2.24) is 4.90 Å². The van der Waals surface area contributed by atoms with Crippen LogP contribution < -0.4 is 10.5 Å². The van der Waals surface area contributed by atoms with E-state index in [9.17, 15) is 0 Å². The molecule has 0 saturated carbocycles. The molecule has 1 heterocycles. The molecule has 0 spiro atoms. The summed E-state index contributed by atoms with van der Waals surface area (Å²) in [4.78, 5) is 6.65. The number of ether oxygens (including phenoxy) is 1. The van der Waals surface area contributed by atoms with Crippen LogP contribution >= 0.6 is 0 Å². The molecule has 2 N–H and O–H groups in total. The fourth-order valence-electron chi connectivity index (χ4n) is 2.46. The molecular weight excluding hydrogens is 250 g/mol. The van der Waals surface area contributed by atoms with Crippen molar-refractivity contribution >= 4 is 5.96 Å². The van der Waals surface area contributed by atoms with E-state index in [4.69, 9.17) is 10.5 Å². The first kappa shape index (κ1) is 14.7. The lowest BCUT2D eigenvalue weighted by Gasteiger charge is -2.31. The third-order valence-corrected chi connectivity index (χ3v) is 3.57. The minimum absolute atomic E-state index is 0.678. The standard InChI is InChI=1S/C16H25N3O/c1-14-7-5-11-19(13-14)16(17)18-10-6-12-20-15-8-3-2-4-9-15/h2-4,8-9,14H,5-7,10-13H2,1H3,(H2,17,18). The molecule has 0 bridgehead atoms. The zero-order valence-corrected chi connectivity index (χ0v) is 12.3. The molecule has 4 nitrogen and oxygen atoms in total. The number of hydrogen-bond donors (Lipinski definition) is 1. The van der Waals surface area contributed by atoms with Gasteiger partial charge in [-0.2, -0.15) is 0 Å². The van der Waals surface area contributed by atoms with E-state index in [0.29, 0.717) is 12.6 Å². The zero-order valence-electron chi connectivity index (χ0n) is 12.3. The van der Waals surface area contributed by atoms with Gasteiger partial charge in [-0.05, 0) is 30.9 Å². The summed E-state index contributed by atoms with van der Waals surface area (Å²) in [5.41, 5.74) is 6.04. The Bertz CT molecular complexity index is 419. The van der Waals surface area contributed by atoms with Gasteiger partial charge in [-0.25, -0.2) is 0 Å². The number of para-hydroxylation sites is 1. The summed E-state index contributed by atoms with van der Waals surface area (Å²) in [6.45, 7) is 5.75. The van der Waals surface area contributed by atoms with E-state index in [0.717, 1.165) is 37.7 Å². The summed E-state index contributed by atoms with van der Waals surface area (Å²) in [6.07, 6.45) is 3.40. The van der Waals surface area contributed by atoms with Gasteiger partial charge in [0.2, 0.25) is 0 Å². The van der Waals surface area contributed by atoms with Crippen LogP contribution in [0.3, 0.4) is 0 Å². The second kappa shape index (κ2) is 7.78. The smallest absolute Gasteiger partial charge is 0.191 e. The van der Waals surface area contributed by atoms with Gasteiger partial charge in [0.05, 0.1) is 6.61 Å². The van der Waals surface area contributed by atoms with Crippen LogP contribution in [-0.4, -0.2) is 37.1 Å². The first-order chi connectivity index (χ1) is 9.75. The number of rotatable bonds is 5. The predicted octanol–water partition coefficient (Wildman–Crippen LogP) is 2.50. The monoisotopic (exact) mass is 275 g/mol. The molecule has 1 aliphatic rings. The molecule has 1 atom stereocenters. The van der Waals surface area contributed by atoms with Crippen LogP contribution in [0, 0.1) is 5.92 Å². The lowest BCUT2D eigenvalue weighted by molar-refractivity contribution is 0.269. The van der Waals surface area contributed by atoms with Gasteiger partial charge < -0.3 is 15.4 Å². The Labute approximate surface area is 121 Å². The summed E-state index contributed by atoms with van der Waals surface area (Å²) < 4.78 is 5.63. The number of nitrogens with zero attached hydrogens (tertiary/aromatic N) is 2. The van der Waals surface area contributed by atoms with Crippen LogP contribution in [-0.2, 0) is 0 Å². The van der Waals surface area contributed by atoms with Crippen molar-refractivity contribution in [2.45, 2.75) is 26.2 Å². The van der Waals surface area contributed by atoms with E-state index < -0.39 is 0 Å². The van der Waals surface area contributed by atoms with Gasteiger partial charge in [0.1, 0.15) is 5.75 Å². The van der Waals surface area contributed by atoms with E-state index in [1.807, 2.05) is 30.3 Å². The van der Waals surface area contributed by atoms with Gasteiger partial charge in [0, 0.05) is 26.1 Å². The minimum atomic E-state index is 0.678. The summed E-state index contributed by atoms with van der Waals surface area (Å²) in [7, 11) is 0. The van der Waals surface area contributed by atoms with Gasteiger partial charge in [0.25, 0.3) is 0 Å². The molecule has 0 aliphatic carbocycles. The summed E-state index contributed by atoms with van der Waals surface area (Å²) >= 11 is 0. The number of hydrogen-bond acceptors (Lipinski definition) is 2. The van der Waals surface area contributed by atoms with Gasteiger partial charge in [-0.3, -0.25) is 4.99 Å². The molecule has 1 saturated heterocycles. The fourth-order valence-corrected chi connectivity index (χ4v) is 2.46. The van der Waals surface area contributed by atoms with E-state index in [1.54, 1.807) is 0 Å². The average molecular weight is 275 g/mol. The Hall–Kier alpha value is -1.71. The zero-order chi connectivity index (χ0) is 14.2. The lowest BCUT2D eigenvalue weighted by atomic mass is 10.0. The van der Waals surface area contributed by atoms with Crippen LogP contribution in [0.1, 0.15) is 26.2 Å². The van der Waals surface area contributed by atoms with E-state index in [-0.39, 0.29) is 0 Å². The number of aliphatic imine (C=N–C) groups is 1. The Kier molecular flexibility index (Phi) is 5.71. The SMILES string of the molecule is CC1CCCN(C(N)=NCCCOc2ccccc2)C1. The highest BCUT2D eigenvalue weighted by Crippen LogP contribution is 2.14. The molecule has 4 heteroatoms. The topological polar surface area (TPSA) is 50.8 Å². The highest BCUT2D eigenvalue weighted by Gasteiger charge is 2.17. The third-order valence-electron chi connectivity index (χ3n) is 3.57. The van der Waals surface area contributed by atoms with Crippen molar-refractivity contribution in [3.8, 4) is 5.75 Å². The Morgan fingerprint density at radius 2 is 2.20 bits per heavy atom. The Morgan fingerprint density at radius 1 is 1.40 bits per heavy atom. The van der Waals surface area contributed by atoms with Crippen LogP contribution in [0.4, 0.5) is 0 Å². The predicted molar refractivity (Wildman–Crippen MR) is 83.0 cm³/mol. The van der Waals surface area contributed by atoms with Gasteiger partial charge in [0.15, 0.2) is 5.96 Å². The maximum Gasteiger partial charge on any atom is 0.191 e. The van der Waals surface area contributed by atoms with Crippen LogP contribution in [0.5, 0.6) is 5.75 Å². The molecule has 0 aromatic heterocycles. The van der Waals surface area contributed by atoms with E-state index in [1.165, 1.54) is 12.8 Å². The highest BCUT2D eigenvalue weighted by molar-refractivity contribution is 5.78. The Balaban J connectivity index is 1.65. The van der Waals surface area contributed by atoms with Crippen molar-refractivity contribution in [3.05, 3.63) is 30.3 Å². The second-order valence-corrected chi connectivity index (χ2v) is 5.45. The molecule has 20 heavy (non-hydrogen) atoms. The molecule has 1 unspecified atom stereocenters. The average Bonchev–Trinajstić information content (AvgIpc) is 2.48. The van der Waals surface area contributed by atoms with Gasteiger partial charge in [-0.15, -0.1) is 0 Å². The number of likely N-dealkylation sites (tertiary alicyclic amines) is 1. The summed E-state index contributed by atoms with van der Waals surface area (Å²) in [5, 5.41) is 0. The molecule has 1 aromatic rings. The molecule has 1 aromatic carbocycles. The van der Waals surface area contributed by atoms with Gasteiger partial charge in [-0.1, -0.05) is 25.1 Å². The highest BCUT2D eigenvalue weighted by atomic mass is 16.5. The number of benzene rings is 1. The fraction of sp³-hybridized carbons (Fsp3) is 0.562. The summed E-state index contributed by atoms with van der Waals surface area (Å²) in [5.74, 6) is 2.32. The molecule has 1 fully saturated rings. The van der Waals surface area contributed by atoms with Crippen molar-refractivity contribution in [2.75, 3.05) is 26.2 Å². The minimum Gasteiger partial charge on any atom is -0.494 e. The first-order valence-corrected chi connectivity index (χ1v) is 7.48. The second-order valence-electron chi connectivity index (χ2n) is 5.45. The van der Waals surface area contributed by atoms with E-state index >= 15 is 0 Å². The molecule has 0 radical (unpaired) electrons. The maximum atomic E-state index is 6.04. The lowest BCUT2D eigenvalue weighted by Crippen LogP contribution is -2.43. The van der Waals surface area contributed by atoms with Gasteiger partial charge >= 0.3 is 0 Å². The molecule has 0 amide bonds. The number of guanidine groups is 1. The molecule has 110 valence electrons. The quantitative estimate of drug-likeness (QED) is 0.510. The maximum absolute atomic E-state index is 6.04. The normalized spacial score (nSPS) is 19.9. The number of piperidine rings is 1. The van der Waals surface area contributed by atoms with Crippen molar-refractivity contribution in [2.24, 2.45) is 16.6 Å². The van der Waals surface area contributed by atoms with Crippen LogP contribution in [0.25, 0.3) is 0 Å². The number of nitrogens with two attached hydrogens (primary N) is 1. The van der Waals surface area contributed by atoms with Crippen molar-refractivity contribution < 1.29 is 4.74 Å². The van der Waals surface area contributed by atoms with E-state index in [2.05, 4.69) is 16.8 Å². The van der Waals surface area contributed by atoms with Crippen LogP contribution in [0.2, 0.25) is 0 Å². The molecule has 1 aliphatic heterocycles. The largest absolute Gasteiger partial charge is 0.494 e.